The van der Waals surface area contributed by atoms with E-state index in [1.165, 1.54) is 17.0 Å². The first-order chi connectivity index (χ1) is 22.4. The van der Waals surface area contributed by atoms with Crippen molar-refractivity contribution in [3.63, 3.8) is 0 Å². The molecule has 1 saturated heterocycles. The Morgan fingerprint density at radius 1 is 1.04 bits per heavy atom. The number of piperidine rings is 1. The lowest BCUT2D eigenvalue weighted by atomic mass is 10.0. The quantitative estimate of drug-likeness (QED) is 0.184. The Bertz CT molecular complexity index is 1900. The minimum absolute atomic E-state index is 0.114. The summed E-state index contributed by atoms with van der Waals surface area (Å²) in [5.41, 5.74) is 2.11. The van der Waals surface area contributed by atoms with Crippen molar-refractivity contribution in [1.82, 2.24) is 24.6 Å². The molecule has 13 heteroatoms. The van der Waals surface area contributed by atoms with Gasteiger partial charge in [0.15, 0.2) is 0 Å². The van der Waals surface area contributed by atoms with Gasteiger partial charge in [-0.2, -0.15) is 5.10 Å². The number of nitrogens with one attached hydrogen (secondary N) is 2. The molecule has 3 N–H and O–H groups in total. The number of methoxy groups -OCH3 is 2. The summed E-state index contributed by atoms with van der Waals surface area (Å²) in [6.45, 7) is 1.01. The first kappa shape index (κ1) is 30.3. The number of pyridine rings is 2. The zero-order valence-electron chi connectivity index (χ0n) is 25.2. The van der Waals surface area contributed by atoms with Crippen LogP contribution < -0.4 is 20.1 Å². The molecule has 0 bridgehead atoms. The number of aromatic nitrogens is 4. The summed E-state index contributed by atoms with van der Waals surface area (Å²) in [6.07, 6.45) is 3.55. The molecule has 4 heterocycles. The monoisotopic (exact) mass is 625 g/mol. The van der Waals surface area contributed by atoms with Crippen LogP contribution in [0.3, 0.4) is 0 Å². The van der Waals surface area contributed by atoms with Crippen LogP contribution in [0.4, 0.5) is 20.8 Å². The van der Waals surface area contributed by atoms with Crippen LogP contribution in [0.15, 0.2) is 73.1 Å². The number of carbonyl (C=O) groups excluding carboxylic acids is 1. The van der Waals surface area contributed by atoms with E-state index in [0.29, 0.717) is 65.7 Å². The van der Waals surface area contributed by atoms with E-state index in [-0.39, 0.29) is 23.7 Å². The van der Waals surface area contributed by atoms with Gasteiger partial charge in [0.25, 0.3) is 5.91 Å². The van der Waals surface area contributed by atoms with Gasteiger partial charge in [-0.15, -0.1) is 0 Å². The fraction of sp³-hybridized carbons (Fsp3) is 0.242. The third-order valence-electron chi connectivity index (χ3n) is 7.97. The largest absolute Gasteiger partial charge is 0.497 e. The summed E-state index contributed by atoms with van der Waals surface area (Å²) in [4.78, 5) is 34.7. The van der Waals surface area contributed by atoms with Gasteiger partial charge in [-0.05, 0) is 61.4 Å². The number of anilines is 2. The number of hydrogen-bond donors (Lipinski definition) is 3. The SMILES string of the molecule is COc1ccc(CNc2nccc3c2c(-c2ccc(C(=O)Nc4ccccn4)cc2F)nn3C2CCCN(C(=O)O)C2)c(OC)c1. The molecule has 3 aromatic heterocycles. The lowest BCUT2D eigenvalue weighted by molar-refractivity contribution is 0.102. The molecule has 1 unspecified atom stereocenters. The first-order valence-electron chi connectivity index (χ1n) is 14.7. The van der Waals surface area contributed by atoms with Crippen molar-refractivity contribution in [2.24, 2.45) is 0 Å². The van der Waals surface area contributed by atoms with Gasteiger partial charge in [0.2, 0.25) is 0 Å². The lowest BCUT2D eigenvalue weighted by Gasteiger charge is -2.31. The van der Waals surface area contributed by atoms with Crippen LogP contribution >= 0.6 is 0 Å². The molecule has 2 amide bonds. The van der Waals surface area contributed by atoms with E-state index >= 15 is 4.39 Å². The fourth-order valence-corrected chi connectivity index (χ4v) is 5.67. The molecule has 1 fully saturated rings. The molecule has 1 aliphatic heterocycles. The Labute approximate surface area is 263 Å². The second kappa shape index (κ2) is 13.1. The number of amides is 2. The molecule has 6 rings (SSSR count). The number of nitrogens with zero attached hydrogens (tertiary/aromatic N) is 5. The number of carbonyl (C=O) groups is 2. The highest BCUT2D eigenvalue weighted by Gasteiger charge is 2.29. The lowest BCUT2D eigenvalue weighted by Crippen LogP contribution is -2.40. The highest BCUT2D eigenvalue weighted by atomic mass is 19.1. The summed E-state index contributed by atoms with van der Waals surface area (Å²) in [6, 6.07) is 16.3. The van der Waals surface area contributed by atoms with Crippen LogP contribution in [0.5, 0.6) is 11.5 Å². The van der Waals surface area contributed by atoms with Gasteiger partial charge in [0, 0.05) is 54.8 Å². The number of rotatable bonds is 9. The van der Waals surface area contributed by atoms with Crippen LogP contribution in [0.1, 0.15) is 34.8 Å². The summed E-state index contributed by atoms with van der Waals surface area (Å²) < 4.78 is 28.6. The summed E-state index contributed by atoms with van der Waals surface area (Å²) >= 11 is 0. The maximum Gasteiger partial charge on any atom is 0.407 e. The smallest absolute Gasteiger partial charge is 0.407 e. The van der Waals surface area contributed by atoms with Crippen molar-refractivity contribution in [2.45, 2.75) is 25.4 Å². The van der Waals surface area contributed by atoms with Gasteiger partial charge in [-0.25, -0.2) is 19.2 Å². The second-order valence-corrected chi connectivity index (χ2v) is 10.8. The number of likely N-dealkylation sites (tertiary alicyclic amines) is 1. The van der Waals surface area contributed by atoms with Gasteiger partial charge in [-0.1, -0.05) is 6.07 Å². The Kier molecular flexibility index (Phi) is 8.63. The van der Waals surface area contributed by atoms with E-state index in [1.54, 1.807) is 61.6 Å². The maximum absolute atomic E-state index is 15.9. The minimum Gasteiger partial charge on any atom is -0.497 e. The van der Waals surface area contributed by atoms with Crippen molar-refractivity contribution < 1.29 is 28.6 Å². The van der Waals surface area contributed by atoms with Crippen LogP contribution in [0.25, 0.3) is 22.2 Å². The molecule has 1 atom stereocenters. The molecule has 0 aliphatic carbocycles. The second-order valence-electron chi connectivity index (χ2n) is 10.8. The minimum atomic E-state index is -0.996. The number of benzene rings is 2. The van der Waals surface area contributed by atoms with Crippen molar-refractivity contribution in [1.29, 1.82) is 0 Å². The Balaban J connectivity index is 1.40. The Morgan fingerprint density at radius 2 is 1.91 bits per heavy atom. The van der Waals surface area contributed by atoms with E-state index < -0.39 is 17.8 Å². The van der Waals surface area contributed by atoms with Crippen molar-refractivity contribution in [3.8, 4) is 22.8 Å². The van der Waals surface area contributed by atoms with Gasteiger partial charge in [0.05, 0.1) is 31.2 Å². The van der Waals surface area contributed by atoms with Gasteiger partial charge < -0.3 is 30.1 Å². The van der Waals surface area contributed by atoms with Crippen molar-refractivity contribution in [3.05, 3.63) is 90.0 Å². The predicted molar refractivity (Wildman–Crippen MR) is 170 cm³/mol. The van der Waals surface area contributed by atoms with Crippen molar-refractivity contribution in [2.75, 3.05) is 37.9 Å². The number of carboxylic acid groups (broad SMARTS) is 1. The van der Waals surface area contributed by atoms with E-state index in [4.69, 9.17) is 14.6 Å². The molecule has 5 aromatic rings. The average Bonchev–Trinajstić information content (AvgIpc) is 3.47. The van der Waals surface area contributed by atoms with E-state index in [0.717, 1.165) is 11.6 Å². The highest BCUT2D eigenvalue weighted by molar-refractivity contribution is 6.05. The van der Waals surface area contributed by atoms with Crippen LogP contribution in [0, 0.1) is 5.82 Å². The standard InChI is InChI=1S/C33H32FN7O5/c1-45-23-10-8-21(27(17-23)46-2)18-37-31-29-26(12-14-36-31)41(22-6-5-15-40(19-22)33(43)44)39-30(29)24-11-9-20(16-25(24)34)32(42)38-28-7-3-4-13-35-28/h3-4,7-14,16-17,22H,5-6,15,18-19H2,1-2H3,(H,36,37)(H,43,44)(H,35,38,42). The third-order valence-corrected chi connectivity index (χ3v) is 7.97. The Hall–Kier alpha value is -5.72. The number of ether oxygens (including phenoxy) is 2. The fourth-order valence-electron chi connectivity index (χ4n) is 5.67. The first-order valence-corrected chi connectivity index (χ1v) is 14.7. The van der Waals surface area contributed by atoms with Crippen molar-refractivity contribution >= 4 is 34.5 Å². The molecule has 1 aliphatic rings. The molecule has 0 radical (unpaired) electrons. The maximum atomic E-state index is 15.9. The third kappa shape index (κ3) is 6.11. The van der Waals surface area contributed by atoms with E-state index in [9.17, 15) is 14.7 Å². The van der Waals surface area contributed by atoms with E-state index in [2.05, 4.69) is 20.6 Å². The molecular weight excluding hydrogens is 593 g/mol. The predicted octanol–water partition coefficient (Wildman–Crippen LogP) is 5.83. The Morgan fingerprint density at radius 3 is 2.65 bits per heavy atom. The summed E-state index contributed by atoms with van der Waals surface area (Å²) in [5.74, 6) is 0.922. The number of halogens is 1. The topological polar surface area (TPSA) is 144 Å². The zero-order chi connectivity index (χ0) is 32.2. The normalized spacial score (nSPS) is 14.6. The molecule has 2 aromatic carbocycles. The van der Waals surface area contributed by atoms with Crippen LogP contribution in [-0.4, -0.2) is 69.1 Å². The molecule has 236 valence electrons. The van der Waals surface area contributed by atoms with E-state index in [1.807, 2.05) is 12.1 Å². The highest BCUT2D eigenvalue weighted by Crippen LogP contribution is 2.37. The van der Waals surface area contributed by atoms with Gasteiger partial charge >= 0.3 is 6.09 Å². The summed E-state index contributed by atoms with van der Waals surface area (Å²) in [5, 5.41) is 21.1. The van der Waals surface area contributed by atoms with Gasteiger partial charge in [-0.3, -0.25) is 9.48 Å². The average molecular weight is 626 g/mol. The van der Waals surface area contributed by atoms with Crippen LogP contribution in [-0.2, 0) is 6.54 Å². The molecule has 0 spiro atoms. The summed E-state index contributed by atoms with van der Waals surface area (Å²) in [7, 11) is 3.16. The molecule has 46 heavy (non-hydrogen) atoms. The van der Waals surface area contributed by atoms with Crippen LogP contribution in [0.2, 0.25) is 0 Å². The zero-order valence-corrected chi connectivity index (χ0v) is 25.2. The molecular formula is C33H32FN7O5. The van der Waals surface area contributed by atoms with Gasteiger partial charge in [0.1, 0.15) is 34.6 Å². The molecule has 0 saturated carbocycles. The molecule has 12 nitrogen and oxygen atoms in total. The number of hydrogen-bond acceptors (Lipinski definition) is 8. The number of fused-ring (bicyclic) bond motifs is 1.